The second kappa shape index (κ2) is 9.91. The minimum Gasteiger partial charge on any atom is -0.347 e. The molecular weight excluding hydrogens is 410 g/mol. The van der Waals surface area contributed by atoms with E-state index in [0.29, 0.717) is 18.5 Å². The molecule has 6 heteroatoms. The van der Waals surface area contributed by atoms with Crippen molar-refractivity contribution < 1.29 is 4.79 Å². The number of rotatable bonds is 8. The summed E-state index contributed by atoms with van der Waals surface area (Å²) >= 11 is 0. The van der Waals surface area contributed by atoms with Gasteiger partial charge in [0.2, 0.25) is 0 Å². The molecule has 2 atom stereocenters. The van der Waals surface area contributed by atoms with Gasteiger partial charge >= 0.3 is 6.03 Å². The Bertz CT molecular complexity index is 1130. The van der Waals surface area contributed by atoms with E-state index in [1.165, 1.54) is 5.56 Å². The number of benzene rings is 2. The van der Waals surface area contributed by atoms with Gasteiger partial charge in [-0.3, -0.25) is 4.90 Å². The van der Waals surface area contributed by atoms with Crippen LogP contribution in [0.3, 0.4) is 0 Å². The normalized spacial score (nSPS) is 16.8. The molecule has 1 N–H and O–H groups in total. The van der Waals surface area contributed by atoms with Crippen molar-refractivity contribution in [2.75, 3.05) is 11.4 Å². The molecule has 0 bridgehead atoms. The van der Waals surface area contributed by atoms with E-state index in [4.69, 9.17) is 5.26 Å². The van der Waals surface area contributed by atoms with E-state index in [0.717, 1.165) is 41.8 Å². The number of aromatic nitrogens is 2. The highest BCUT2D eigenvalue weighted by Crippen LogP contribution is 2.36. The van der Waals surface area contributed by atoms with Crippen LogP contribution in [0.5, 0.6) is 0 Å². The molecule has 0 saturated carbocycles. The zero-order valence-corrected chi connectivity index (χ0v) is 19.6. The van der Waals surface area contributed by atoms with Gasteiger partial charge in [0.25, 0.3) is 0 Å². The van der Waals surface area contributed by atoms with Crippen LogP contribution in [-0.4, -0.2) is 33.5 Å². The predicted molar refractivity (Wildman–Crippen MR) is 130 cm³/mol. The van der Waals surface area contributed by atoms with Crippen molar-refractivity contribution in [2.45, 2.75) is 58.5 Å². The van der Waals surface area contributed by atoms with E-state index >= 15 is 0 Å². The third-order valence-electron chi connectivity index (χ3n) is 6.72. The lowest BCUT2D eigenvalue weighted by Crippen LogP contribution is -2.39. The second-order valence-electron chi connectivity index (χ2n) is 8.85. The number of hydrogen-bond acceptors (Lipinski definition) is 3. The fraction of sp³-hybridized carbons (Fsp3) is 0.370. The van der Waals surface area contributed by atoms with Crippen LogP contribution in [0.1, 0.15) is 60.2 Å². The molecule has 2 aromatic carbocycles. The maximum Gasteiger partial charge on any atom is 0.325 e. The summed E-state index contributed by atoms with van der Waals surface area (Å²) < 4.78 is 0. The molecule has 3 aromatic rings. The SMILES string of the molecule is CCCCC1CN(c2cccc(C)c2C)C(=O)N1[C@@H](Cc1ccc(C#N)cc1)c1cnc[nH]1. The molecule has 1 aromatic heterocycles. The highest BCUT2D eigenvalue weighted by Gasteiger charge is 2.42. The third-order valence-corrected chi connectivity index (χ3v) is 6.72. The van der Waals surface area contributed by atoms with E-state index in [2.05, 4.69) is 47.8 Å². The van der Waals surface area contributed by atoms with Crippen LogP contribution >= 0.6 is 0 Å². The molecule has 0 radical (unpaired) electrons. The van der Waals surface area contributed by atoms with Crippen molar-refractivity contribution in [1.82, 2.24) is 14.9 Å². The molecule has 2 heterocycles. The van der Waals surface area contributed by atoms with Gasteiger partial charge < -0.3 is 9.88 Å². The summed E-state index contributed by atoms with van der Waals surface area (Å²) in [5, 5.41) is 9.14. The summed E-state index contributed by atoms with van der Waals surface area (Å²) in [7, 11) is 0. The molecule has 170 valence electrons. The van der Waals surface area contributed by atoms with Crippen LogP contribution in [0.25, 0.3) is 0 Å². The number of aromatic amines is 1. The number of anilines is 1. The number of aryl methyl sites for hydroxylation is 1. The molecule has 4 rings (SSSR count). The maximum absolute atomic E-state index is 13.9. The van der Waals surface area contributed by atoms with E-state index in [-0.39, 0.29) is 18.1 Å². The van der Waals surface area contributed by atoms with Gasteiger partial charge in [0.1, 0.15) is 0 Å². The van der Waals surface area contributed by atoms with Gasteiger partial charge in [0, 0.05) is 12.2 Å². The molecule has 6 nitrogen and oxygen atoms in total. The minimum atomic E-state index is -0.162. The number of H-pyrrole nitrogens is 1. The third kappa shape index (κ3) is 4.63. The molecule has 0 aliphatic carbocycles. The van der Waals surface area contributed by atoms with Gasteiger partial charge in [0.15, 0.2) is 0 Å². The largest absolute Gasteiger partial charge is 0.347 e. The van der Waals surface area contributed by atoms with Crippen LogP contribution < -0.4 is 4.90 Å². The number of carbonyl (C=O) groups is 1. The molecule has 1 unspecified atom stereocenters. The van der Waals surface area contributed by atoms with Crippen molar-refractivity contribution in [3.8, 4) is 6.07 Å². The zero-order valence-electron chi connectivity index (χ0n) is 19.6. The number of carbonyl (C=O) groups excluding carboxylic acids is 1. The van der Waals surface area contributed by atoms with Crippen molar-refractivity contribution in [3.05, 3.63) is 82.9 Å². The summed E-state index contributed by atoms with van der Waals surface area (Å²) in [5.41, 5.74) is 5.97. The van der Waals surface area contributed by atoms with E-state index in [1.807, 2.05) is 47.5 Å². The van der Waals surface area contributed by atoms with Crippen molar-refractivity contribution in [1.29, 1.82) is 5.26 Å². The minimum absolute atomic E-state index is 0.0399. The molecule has 1 aliphatic rings. The first-order chi connectivity index (χ1) is 16.0. The smallest absolute Gasteiger partial charge is 0.325 e. The van der Waals surface area contributed by atoms with Gasteiger partial charge in [-0.1, -0.05) is 44.0 Å². The lowest BCUT2D eigenvalue weighted by atomic mass is 9.99. The highest BCUT2D eigenvalue weighted by molar-refractivity contribution is 5.95. The standard InChI is InChI=1S/C27H31N5O/c1-4-5-8-23-17-31(25-9-6-7-19(2)20(25)3)27(33)32(23)26(24-16-29-18-30-24)14-21-10-12-22(15-28)13-11-21/h6-7,9-13,16,18,23,26H,4-5,8,14,17H2,1-3H3,(H,29,30)/t23?,26-/m0/s1. The average molecular weight is 442 g/mol. The van der Waals surface area contributed by atoms with Gasteiger partial charge in [-0.15, -0.1) is 0 Å². The summed E-state index contributed by atoms with van der Waals surface area (Å²) in [5.74, 6) is 0. The predicted octanol–water partition coefficient (Wildman–Crippen LogP) is 5.68. The molecule has 2 amide bonds. The first-order valence-electron chi connectivity index (χ1n) is 11.7. The highest BCUT2D eigenvalue weighted by atomic mass is 16.2. The first kappa shape index (κ1) is 22.6. The number of hydrogen-bond donors (Lipinski definition) is 1. The molecule has 1 aliphatic heterocycles. The Balaban J connectivity index is 1.71. The van der Waals surface area contributed by atoms with E-state index < -0.39 is 0 Å². The topological polar surface area (TPSA) is 76.0 Å². The molecule has 1 fully saturated rings. The summed E-state index contributed by atoms with van der Waals surface area (Å²) in [6.45, 7) is 7.04. The second-order valence-corrected chi connectivity index (χ2v) is 8.85. The summed E-state index contributed by atoms with van der Waals surface area (Å²) in [6.07, 6.45) is 7.27. The van der Waals surface area contributed by atoms with Gasteiger partial charge in [-0.2, -0.15) is 5.26 Å². The Hall–Kier alpha value is -3.59. The van der Waals surface area contributed by atoms with E-state index in [1.54, 1.807) is 6.33 Å². The summed E-state index contributed by atoms with van der Waals surface area (Å²) in [4.78, 5) is 25.5. The lowest BCUT2D eigenvalue weighted by molar-refractivity contribution is 0.169. The van der Waals surface area contributed by atoms with Crippen molar-refractivity contribution >= 4 is 11.7 Å². The Morgan fingerprint density at radius 1 is 1.21 bits per heavy atom. The molecule has 0 spiro atoms. The van der Waals surface area contributed by atoms with Crippen LogP contribution in [-0.2, 0) is 6.42 Å². The van der Waals surface area contributed by atoms with Crippen LogP contribution in [0.15, 0.2) is 55.0 Å². The number of amides is 2. The van der Waals surface area contributed by atoms with Crippen molar-refractivity contribution in [3.63, 3.8) is 0 Å². The fourth-order valence-corrected chi connectivity index (χ4v) is 4.71. The monoisotopic (exact) mass is 441 g/mol. The van der Waals surface area contributed by atoms with Crippen LogP contribution in [0.2, 0.25) is 0 Å². The molecule has 1 saturated heterocycles. The first-order valence-corrected chi connectivity index (χ1v) is 11.7. The van der Waals surface area contributed by atoms with Crippen molar-refractivity contribution in [2.24, 2.45) is 0 Å². The van der Waals surface area contributed by atoms with Crippen LogP contribution in [0, 0.1) is 25.2 Å². The quantitative estimate of drug-likeness (QED) is 0.488. The molecule has 33 heavy (non-hydrogen) atoms. The van der Waals surface area contributed by atoms with Crippen LogP contribution in [0.4, 0.5) is 10.5 Å². The van der Waals surface area contributed by atoms with E-state index in [9.17, 15) is 4.79 Å². The number of urea groups is 1. The Morgan fingerprint density at radius 3 is 2.67 bits per heavy atom. The number of imidazole rings is 1. The van der Waals surface area contributed by atoms with Gasteiger partial charge in [-0.25, -0.2) is 9.78 Å². The Labute approximate surface area is 195 Å². The molecular formula is C27H31N5O. The Kier molecular flexibility index (Phi) is 6.79. The number of nitrogens with one attached hydrogen (secondary N) is 1. The number of unbranched alkanes of at least 4 members (excludes halogenated alkanes) is 1. The fourth-order valence-electron chi connectivity index (χ4n) is 4.71. The summed E-state index contributed by atoms with van der Waals surface area (Å²) in [6, 6.07) is 16.0. The van der Waals surface area contributed by atoms with Gasteiger partial charge in [-0.05, 0) is 61.6 Å². The van der Waals surface area contributed by atoms with Gasteiger partial charge in [0.05, 0.1) is 41.9 Å². The average Bonchev–Trinajstić information content (AvgIpc) is 3.47. The number of nitrogens with zero attached hydrogens (tertiary/aromatic N) is 4. The zero-order chi connectivity index (χ0) is 23.4. The number of nitriles is 1. The lowest BCUT2D eigenvalue weighted by Gasteiger charge is -2.32. The maximum atomic E-state index is 13.9. The Morgan fingerprint density at radius 2 is 2.00 bits per heavy atom.